The van der Waals surface area contributed by atoms with E-state index in [2.05, 4.69) is 42.7 Å². The maximum atomic E-state index is 5.36. The second-order valence-corrected chi connectivity index (χ2v) is 4.57. The third kappa shape index (κ3) is 5.44. The molecule has 0 aliphatic carbocycles. The molecule has 19 heavy (non-hydrogen) atoms. The van der Waals surface area contributed by atoms with Crippen LogP contribution in [-0.4, -0.2) is 37.7 Å². The van der Waals surface area contributed by atoms with Crippen molar-refractivity contribution < 1.29 is 4.74 Å². The third-order valence-electron chi connectivity index (χ3n) is 3.11. The van der Waals surface area contributed by atoms with E-state index >= 15 is 0 Å². The van der Waals surface area contributed by atoms with Crippen molar-refractivity contribution in [3.05, 3.63) is 35.4 Å². The van der Waals surface area contributed by atoms with E-state index in [1.165, 1.54) is 5.56 Å². The van der Waals surface area contributed by atoms with Crippen LogP contribution in [0.2, 0.25) is 0 Å². The number of nitrogens with zero attached hydrogens (tertiary/aromatic N) is 1. The Balaban J connectivity index is 2.65. The Kier molecular flexibility index (Phi) is 7.20. The van der Waals surface area contributed by atoms with Crippen molar-refractivity contribution in [3.63, 3.8) is 0 Å². The molecule has 2 N–H and O–H groups in total. The van der Waals surface area contributed by atoms with Crippen LogP contribution in [0.15, 0.2) is 24.3 Å². The van der Waals surface area contributed by atoms with Crippen LogP contribution >= 0.6 is 0 Å². The van der Waals surface area contributed by atoms with Crippen molar-refractivity contribution in [2.75, 3.05) is 26.8 Å². The lowest BCUT2D eigenvalue weighted by atomic mass is 10.1. The van der Waals surface area contributed by atoms with Gasteiger partial charge in [0.25, 0.3) is 0 Å². The van der Waals surface area contributed by atoms with Gasteiger partial charge in [-0.05, 0) is 31.2 Å². The van der Waals surface area contributed by atoms with E-state index in [1.54, 1.807) is 7.11 Å². The molecule has 3 nitrogen and oxygen atoms in total. The maximum Gasteiger partial charge on any atom is 0.0615 e. The van der Waals surface area contributed by atoms with E-state index in [9.17, 15) is 0 Å². The van der Waals surface area contributed by atoms with E-state index in [-0.39, 0.29) is 0 Å². The van der Waals surface area contributed by atoms with Gasteiger partial charge in [0.05, 0.1) is 13.2 Å². The first-order valence-electron chi connectivity index (χ1n) is 6.72. The van der Waals surface area contributed by atoms with Gasteiger partial charge >= 0.3 is 0 Å². The van der Waals surface area contributed by atoms with Gasteiger partial charge in [-0.3, -0.25) is 4.90 Å². The summed E-state index contributed by atoms with van der Waals surface area (Å²) in [6, 6.07) is 8.78. The summed E-state index contributed by atoms with van der Waals surface area (Å²) in [5.74, 6) is 5.90. The average molecular weight is 260 g/mol. The molecule has 1 atom stereocenters. The SMILES string of the molecule is CCN(Cc1ccc(C#CCN)cc1)C(C)COC. The molecule has 1 aromatic rings. The fourth-order valence-corrected chi connectivity index (χ4v) is 2.01. The first-order valence-corrected chi connectivity index (χ1v) is 6.72. The second-order valence-electron chi connectivity index (χ2n) is 4.57. The van der Waals surface area contributed by atoms with E-state index in [0.29, 0.717) is 12.6 Å². The lowest BCUT2D eigenvalue weighted by Gasteiger charge is -2.27. The summed E-state index contributed by atoms with van der Waals surface area (Å²) >= 11 is 0. The Morgan fingerprint density at radius 3 is 2.53 bits per heavy atom. The average Bonchev–Trinajstić information content (AvgIpc) is 2.44. The topological polar surface area (TPSA) is 38.5 Å². The zero-order valence-corrected chi connectivity index (χ0v) is 12.1. The minimum Gasteiger partial charge on any atom is -0.383 e. The van der Waals surface area contributed by atoms with E-state index in [1.807, 2.05) is 12.1 Å². The molecular formula is C16H24N2O. The molecule has 1 aromatic carbocycles. The highest BCUT2D eigenvalue weighted by molar-refractivity contribution is 5.36. The molecule has 0 saturated heterocycles. The number of ether oxygens (including phenoxy) is 1. The molecule has 0 aliphatic heterocycles. The molecule has 0 aliphatic rings. The van der Waals surface area contributed by atoms with Crippen LogP contribution in [0.5, 0.6) is 0 Å². The Bertz CT molecular complexity index is 417. The largest absolute Gasteiger partial charge is 0.383 e. The highest BCUT2D eigenvalue weighted by Crippen LogP contribution is 2.10. The second kappa shape index (κ2) is 8.71. The fraction of sp³-hybridized carbons (Fsp3) is 0.500. The molecule has 3 heteroatoms. The predicted octanol–water partition coefficient (Wildman–Crippen LogP) is 1.85. The molecule has 1 unspecified atom stereocenters. The van der Waals surface area contributed by atoms with Crippen LogP contribution in [0.1, 0.15) is 25.0 Å². The molecule has 0 aromatic heterocycles. The number of likely N-dealkylation sites (N-methyl/N-ethyl adjacent to an activating group) is 1. The van der Waals surface area contributed by atoms with Gasteiger partial charge in [0, 0.05) is 25.3 Å². The van der Waals surface area contributed by atoms with Crippen LogP contribution in [0.4, 0.5) is 0 Å². The third-order valence-corrected chi connectivity index (χ3v) is 3.11. The molecule has 104 valence electrons. The summed E-state index contributed by atoms with van der Waals surface area (Å²) in [7, 11) is 1.75. The van der Waals surface area contributed by atoms with Gasteiger partial charge in [0.15, 0.2) is 0 Å². The van der Waals surface area contributed by atoms with Crippen LogP contribution in [0, 0.1) is 11.8 Å². The van der Waals surface area contributed by atoms with Crippen LogP contribution in [-0.2, 0) is 11.3 Å². The quantitative estimate of drug-likeness (QED) is 0.793. The summed E-state index contributed by atoms with van der Waals surface area (Å²) < 4.78 is 5.22. The van der Waals surface area contributed by atoms with Gasteiger partial charge in [0.1, 0.15) is 0 Å². The molecule has 0 heterocycles. The summed E-state index contributed by atoms with van der Waals surface area (Å²) in [5.41, 5.74) is 7.67. The number of hydrogen-bond acceptors (Lipinski definition) is 3. The molecule has 0 spiro atoms. The van der Waals surface area contributed by atoms with Crippen molar-refractivity contribution in [2.45, 2.75) is 26.4 Å². The van der Waals surface area contributed by atoms with Crippen molar-refractivity contribution in [3.8, 4) is 11.8 Å². The number of nitrogens with two attached hydrogens (primary N) is 1. The summed E-state index contributed by atoms with van der Waals surface area (Å²) in [6.07, 6.45) is 0. The Hall–Kier alpha value is -1.34. The summed E-state index contributed by atoms with van der Waals surface area (Å²) in [6.45, 7) is 7.47. The van der Waals surface area contributed by atoms with E-state index < -0.39 is 0 Å². The molecule has 0 fully saturated rings. The molecule has 0 amide bonds. The summed E-state index contributed by atoms with van der Waals surface area (Å²) in [4.78, 5) is 2.39. The van der Waals surface area contributed by atoms with Crippen LogP contribution < -0.4 is 5.73 Å². The van der Waals surface area contributed by atoms with Crippen LogP contribution in [0.3, 0.4) is 0 Å². The summed E-state index contributed by atoms with van der Waals surface area (Å²) in [5, 5.41) is 0. The Morgan fingerprint density at radius 2 is 2.00 bits per heavy atom. The van der Waals surface area contributed by atoms with Gasteiger partial charge in [-0.25, -0.2) is 0 Å². The first kappa shape index (κ1) is 15.7. The lowest BCUT2D eigenvalue weighted by molar-refractivity contribution is 0.0982. The molecule has 1 rings (SSSR count). The lowest BCUT2D eigenvalue weighted by Crippen LogP contribution is -2.35. The predicted molar refractivity (Wildman–Crippen MR) is 79.8 cm³/mol. The molecule has 0 radical (unpaired) electrons. The minimum atomic E-state index is 0.403. The van der Waals surface area contributed by atoms with Crippen molar-refractivity contribution in [1.29, 1.82) is 0 Å². The van der Waals surface area contributed by atoms with Gasteiger partial charge in [-0.2, -0.15) is 0 Å². The van der Waals surface area contributed by atoms with Gasteiger partial charge in [-0.15, -0.1) is 0 Å². The number of hydrogen-bond donors (Lipinski definition) is 1. The monoisotopic (exact) mass is 260 g/mol. The number of rotatable bonds is 6. The molecule has 0 saturated carbocycles. The maximum absolute atomic E-state index is 5.36. The van der Waals surface area contributed by atoms with E-state index in [4.69, 9.17) is 10.5 Å². The zero-order valence-electron chi connectivity index (χ0n) is 12.1. The highest BCUT2D eigenvalue weighted by atomic mass is 16.5. The fourth-order valence-electron chi connectivity index (χ4n) is 2.01. The van der Waals surface area contributed by atoms with Gasteiger partial charge in [0.2, 0.25) is 0 Å². The smallest absolute Gasteiger partial charge is 0.0615 e. The van der Waals surface area contributed by atoms with Crippen molar-refractivity contribution in [2.24, 2.45) is 5.73 Å². The van der Waals surface area contributed by atoms with Gasteiger partial charge in [-0.1, -0.05) is 30.9 Å². The first-order chi connectivity index (χ1) is 9.21. The minimum absolute atomic E-state index is 0.403. The Morgan fingerprint density at radius 1 is 1.32 bits per heavy atom. The zero-order chi connectivity index (χ0) is 14.1. The highest BCUT2D eigenvalue weighted by Gasteiger charge is 2.11. The normalized spacial score (nSPS) is 12.1. The standard InChI is InChI=1S/C16H24N2O/c1-4-18(14(2)13-19-3)12-16-9-7-15(8-10-16)6-5-11-17/h7-10,14H,4,11-13,17H2,1-3H3. The van der Waals surface area contributed by atoms with E-state index in [0.717, 1.165) is 25.3 Å². The van der Waals surface area contributed by atoms with Crippen molar-refractivity contribution in [1.82, 2.24) is 4.90 Å². The van der Waals surface area contributed by atoms with Gasteiger partial charge < -0.3 is 10.5 Å². The molecule has 0 bridgehead atoms. The molecular weight excluding hydrogens is 236 g/mol. The number of benzene rings is 1. The van der Waals surface area contributed by atoms with Crippen LogP contribution in [0.25, 0.3) is 0 Å². The van der Waals surface area contributed by atoms with Crippen molar-refractivity contribution >= 4 is 0 Å². The number of methoxy groups -OCH3 is 1. The Labute approximate surface area is 116 Å².